The number of hydrogen-bond donors (Lipinski definition) is 1. The highest BCUT2D eigenvalue weighted by atomic mass is 16.5. The minimum absolute atomic E-state index is 0.0956. The van der Waals surface area contributed by atoms with Crippen LogP contribution in [-0.2, 0) is 9.53 Å². The van der Waals surface area contributed by atoms with Crippen molar-refractivity contribution >= 4 is 29.0 Å². The van der Waals surface area contributed by atoms with E-state index in [0.717, 1.165) is 5.69 Å². The molecule has 1 atom stereocenters. The molecule has 0 aromatic heterocycles. The third-order valence-electron chi connectivity index (χ3n) is 3.81. The zero-order chi connectivity index (χ0) is 19.3. The van der Waals surface area contributed by atoms with E-state index < -0.39 is 18.0 Å². The highest BCUT2D eigenvalue weighted by Crippen LogP contribution is 2.15. The molecular weight excluding hydrogens is 332 g/mol. The van der Waals surface area contributed by atoms with Crippen LogP contribution in [0.1, 0.15) is 34.6 Å². The van der Waals surface area contributed by atoms with Crippen LogP contribution in [0.5, 0.6) is 0 Å². The van der Waals surface area contributed by atoms with Crippen molar-refractivity contribution in [3.8, 4) is 0 Å². The Morgan fingerprint density at radius 3 is 2.23 bits per heavy atom. The molecule has 1 amide bonds. The van der Waals surface area contributed by atoms with Gasteiger partial charge in [0.05, 0.1) is 5.56 Å². The van der Waals surface area contributed by atoms with E-state index in [2.05, 4.69) is 5.32 Å². The Balaban J connectivity index is 1.98. The third-order valence-corrected chi connectivity index (χ3v) is 3.81. The van der Waals surface area contributed by atoms with Crippen LogP contribution in [-0.4, -0.2) is 37.9 Å². The van der Waals surface area contributed by atoms with E-state index >= 15 is 0 Å². The fourth-order valence-electron chi connectivity index (χ4n) is 2.24. The van der Waals surface area contributed by atoms with E-state index in [0.29, 0.717) is 16.8 Å². The van der Waals surface area contributed by atoms with Crippen molar-refractivity contribution in [1.82, 2.24) is 0 Å². The summed E-state index contributed by atoms with van der Waals surface area (Å²) in [5, 5.41) is 2.64. The van der Waals surface area contributed by atoms with E-state index in [9.17, 15) is 14.4 Å². The molecule has 0 aliphatic carbocycles. The van der Waals surface area contributed by atoms with Crippen LogP contribution in [0.25, 0.3) is 0 Å². The molecule has 26 heavy (non-hydrogen) atoms. The molecule has 2 rings (SSSR count). The maximum absolute atomic E-state index is 12.2. The van der Waals surface area contributed by atoms with E-state index in [4.69, 9.17) is 4.74 Å². The molecule has 0 saturated heterocycles. The molecule has 0 aliphatic heterocycles. The summed E-state index contributed by atoms with van der Waals surface area (Å²) in [6.07, 6.45) is -0.975. The van der Waals surface area contributed by atoms with Gasteiger partial charge in [0.1, 0.15) is 0 Å². The summed E-state index contributed by atoms with van der Waals surface area (Å²) < 4.78 is 5.22. The van der Waals surface area contributed by atoms with Gasteiger partial charge in [-0.05, 0) is 50.2 Å². The molecule has 0 spiro atoms. The number of carbonyl (C=O) groups excluding carboxylic acids is 3. The summed E-state index contributed by atoms with van der Waals surface area (Å²) in [4.78, 5) is 37.7. The standard InChI is InChI=1S/C20H22N2O4/c1-13(23)16-6-5-7-17(12-16)21-19(24)14(2)26-20(25)15-8-10-18(11-9-15)22(3)4/h5-12,14H,1-4H3,(H,21,24)/t14-/m1/s1. The van der Waals surface area contributed by atoms with Gasteiger partial charge in [-0.1, -0.05) is 12.1 Å². The molecule has 136 valence electrons. The SMILES string of the molecule is CC(=O)c1cccc(NC(=O)[C@@H](C)OC(=O)c2ccc(N(C)C)cc2)c1. The van der Waals surface area contributed by atoms with Gasteiger partial charge in [0.2, 0.25) is 0 Å². The van der Waals surface area contributed by atoms with Crippen LogP contribution in [0.3, 0.4) is 0 Å². The average Bonchev–Trinajstić information content (AvgIpc) is 2.61. The Morgan fingerprint density at radius 2 is 1.65 bits per heavy atom. The maximum atomic E-state index is 12.2. The van der Waals surface area contributed by atoms with Crippen LogP contribution < -0.4 is 10.2 Å². The van der Waals surface area contributed by atoms with E-state index in [1.807, 2.05) is 19.0 Å². The highest BCUT2D eigenvalue weighted by molar-refractivity contribution is 5.99. The average molecular weight is 354 g/mol. The Labute approximate surface area is 152 Å². The van der Waals surface area contributed by atoms with Crippen LogP contribution in [0.4, 0.5) is 11.4 Å². The zero-order valence-corrected chi connectivity index (χ0v) is 15.3. The number of Topliss-reactive ketones (excluding diaryl/α,β-unsaturated/α-hetero) is 1. The van der Waals surface area contributed by atoms with Gasteiger partial charge in [-0.15, -0.1) is 0 Å². The Morgan fingerprint density at radius 1 is 1.00 bits per heavy atom. The van der Waals surface area contributed by atoms with Crippen molar-refractivity contribution < 1.29 is 19.1 Å². The molecule has 1 N–H and O–H groups in total. The second-order valence-electron chi connectivity index (χ2n) is 6.12. The lowest BCUT2D eigenvalue weighted by atomic mass is 10.1. The number of esters is 1. The number of ketones is 1. The highest BCUT2D eigenvalue weighted by Gasteiger charge is 2.19. The summed E-state index contributed by atoms with van der Waals surface area (Å²) in [6, 6.07) is 13.5. The summed E-state index contributed by atoms with van der Waals surface area (Å²) in [6.45, 7) is 2.95. The second kappa shape index (κ2) is 8.29. The predicted octanol–water partition coefficient (Wildman–Crippen LogP) is 3.14. The summed E-state index contributed by atoms with van der Waals surface area (Å²) in [7, 11) is 3.81. The minimum Gasteiger partial charge on any atom is -0.449 e. The van der Waals surface area contributed by atoms with Crippen LogP contribution in [0, 0.1) is 0 Å². The van der Waals surface area contributed by atoms with Crippen LogP contribution in [0.2, 0.25) is 0 Å². The minimum atomic E-state index is -0.975. The van der Waals surface area contributed by atoms with Gasteiger partial charge in [-0.3, -0.25) is 9.59 Å². The van der Waals surface area contributed by atoms with Gasteiger partial charge >= 0.3 is 5.97 Å². The van der Waals surface area contributed by atoms with E-state index in [1.54, 1.807) is 48.5 Å². The first-order valence-corrected chi connectivity index (χ1v) is 8.18. The van der Waals surface area contributed by atoms with Gasteiger partial charge in [0, 0.05) is 31.0 Å². The number of anilines is 2. The maximum Gasteiger partial charge on any atom is 0.338 e. The Bertz CT molecular complexity index is 813. The Kier molecular flexibility index (Phi) is 6.11. The van der Waals surface area contributed by atoms with Gasteiger partial charge in [-0.25, -0.2) is 4.79 Å². The Hall–Kier alpha value is -3.15. The first kappa shape index (κ1) is 19.2. The molecule has 2 aromatic carbocycles. The van der Waals surface area contributed by atoms with Crippen LogP contribution in [0.15, 0.2) is 48.5 Å². The number of rotatable bonds is 6. The van der Waals surface area contributed by atoms with Crippen molar-refractivity contribution in [3.63, 3.8) is 0 Å². The molecule has 0 radical (unpaired) electrons. The summed E-state index contributed by atoms with van der Waals surface area (Å²) in [5.41, 5.74) is 2.29. The molecular formula is C20H22N2O4. The second-order valence-corrected chi connectivity index (χ2v) is 6.12. The monoisotopic (exact) mass is 354 g/mol. The lowest BCUT2D eigenvalue weighted by Crippen LogP contribution is -2.30. The van der Waals surface area contributed by atoms with Gasteiger partial charge in [0.15, 0.2) is 11.9 Å². The smallest absolute Gasteiger partial charge is 0.338 e. The first-order valence-electron chi connectivity index (χ1n) is 8.18. The molecule has 0 fully saturated rings. The van der Waals surface area contributed by atoms with E-state index in [1.165, 1.54) is 13.8 Å². The van der Waals surface area contributed by atoms with Crippen molar-refractivity contribution in [2.45, 2.75) is 20.0 Å². The number of carbonyl (C=O) groups is 3. The van der Waals surface area contributed by atoms with Crippen LogP contribution >= 0.6 is 0 Å². The molecule has 6 nitrogen and oxygen atoms in total. The van der Waals surface area contributed by atoms with Crippen molar-refractivity contribution in [2.75, 3.05) is 24.3 Å². The number of amides is 1. The number of ether oxygens (including phenoxy) is 1. The fourth-order valence-corrected chi connectivity index (χ4v) is 2.24. The molecule has 2 aromatic rings. The molecule has 0 unspecified atom stereocenters. The number of nitrogens with zero attached hydrogens (tertiary/aromatic N) is 1. The number of nitrogens with one attached hydrogen (secondary N) is 1. The zero-order valence-electron chi connectivity index (χ0n) is 15.3. The van der Waals surface area contributed by atoms with Gasteiger partial charge in [-0.2, -0.15) is 0 Å². The van der Waals surface area contributed by atoms with Crippen molar-refractivity contribution in [1.29, 1.82) is 0 Å². The predicted molar refractivity (Wildman–Crippen MR) is 101 cm³/mol. The summed E-state index contributed by atoms with van der Waals surface area (Å²) in [5.74, 6) is -1.14. The molecule has 0 saturated carbocycles. The molecule has 0 heterocycles. The van der Waals surface area contributed by atoms with Gasteiger partial charge < -0.3 is 15.0 Å². The fraction of sp³-hybridized carbons (Fsp3) is 0.250. The lowest BCUT2D eigenvalue weighted by Gasteiger charge is -2.15. The molecule has 0 bridgehead atoms. The van der Waals surface area contributed by atoms with Crippen molar-refractivity contribution in [2.24, 2.45) is 0 Å². The summed E-state index contributed by atoms with van der Waals surface area (Å²) >= 11 is 0. The largest absolute Gasteiger partial charge is 0.449 e. The quantitative estimate of drug-likeness (QED) is 0.637. The normalized spacial score (nSPS) is 11.4. The number of hydrogen-bond acceptors (Lipinski definition) is 5. The lowest BCUT2D eigenvalue weighted by molar-refractivity contribution is -0.123. The topological polar surface area (TPSA) is 75.7 Å². The number of benzene rings is 2. The third kappa shape index (κ3) is 4.92. The van der Waals surface area contributed by atoms with E-state index in [-0.39, 0.29) is 5.78 Å². The first-order chi connectivity index (χ1) is 12.3. The molecule has 6 heteroatoms. The molecule has 0 aliphatic rings. The van der Waals surface area contributed by atoms with Crippen molar-refractivity contribution in [3.05, 3.63) is 59.7 Å². The van der Waals surface area contributed by atoms with Gasteiger partial charge in [0.25, 0.3) is 5.91 Å².